The maximum atomic E-state index is 12.0. The van der Waals surface area contributed by atoms with Crippen LogP contribution in [0.1, 0.15) is 11.1 Å². The summed E-state index contributed by atoms with van der Waals surface area (Å²) in [5.74, 6) is 0.0458. The highest BCUT2D eigenvalue weighted by Gasteiger charge is 2.09. The fourth-order valence-corrected chi connectivity index (χ4v) is 2.02. The summed E-state index contributed by atoms with van der Waals surface area (Å²) >= 11 is 5.64. The molecular weight excluding hydrogens is 300 g/mol. The standard InChI is InChI=1S/C16H15ClN4O/c17-6-7-21-12-14(11-20-21)8-15(9-18)16(22)19-10-13-4-2-1-3-5-13/h1-5,8,11-12H,6-7,10H2,(H,19,22)/b15-8-. The van der Waals surface area contributed by atoms with Crippen LogP contribution in [-0.4, -0.2) is 21.6 Å². The van der Waals surface area contributed by atoms with Gasteiger partial charge in [-0.15, -0.1) is 11.6 Å². The Labute approximate surface area is 133 Å². The summed E-state index contributed by atoms with van der Waals surface area (Å²) in [6.45, 7) is 0.960. The monoisotopic (exact) mass is 314 g/mol. The molecule has 0 aliphatic carbocycles. The minimum absolute atomic E-state index is 0.0429. The number of aromatic nitrogens is 2. The zero-order valence-electron chi connectivity index (χ0n) is 11.9. The van der Waals surface area contributed by atoms with Gasteiger partial charge in [-0.1, -0.05) is 30.3 Å². The van der Waals surface area contributed by atoms with E-state index in [9.17, 15) is 4.79 Å². The number of nitrogens with zero attached hydrogens (tertiary/aromatic N) is 3. The van der Waals surface area contributed by atoms with E-state index in [1.807, 2.05) is 36.4 Å². The van der Waals surface area contributed by atoms with Gasteiger partial charge in [0.15, 0.2) is 0 Å². The number of hydrogen-bond acceptors (Lipinski definition) is 3. The van der Waals surface area contributed by atoms with Crippen molar-refractivity contribution in [3.05, 3.63) is 59.4 Å². The second-order valence-corrected chi connectivity index (χ2v) is 4.94. The fraction of sp³-hybridized carbons (Fsp3) is 0.188. The minimum Gasteiger partial charge on any atom is -0.347 e. The molecule has 0 bridgehead atoms. The average molecular weight is 315 g/mol. The highest BCUT2D eigenvalue weighted by Crippen LogP contribution is 2.07. The van der Waals surface area contributed by atoms with Crippen molar-refractivity contribution in [2.75, 3.05) is 5.88 Å². The van der Waals surface area contributed by atoms with Gasteiger partial charge in [0, 0.05) is 24.2 Å². The lowest BCUT2D eigenvalue weighted by molar-refractivity contribution is -0.117. The van der Waals surface area contributed by atoms with Crippen LogP contribution in [0.2, 0.25) is 0 Å². The molecule has 1 N–H and O–H groups in total. The highest BCUT2D eigenvalue weighted by molar-refractivity contribution is 6.17. The van der Waals surface area contributed by atoms with E-state index in [1.165, 1.54) is 6.08 Å². The summed E-state index contributed by atoms with van der Waals surface area (Å²) in [5, 5.41) is 16.0. The molecular formula is C16H15ClN4O. The SMILES string of the molecule is N#C/C(=C/c1cnn(CCCl)c1)C(=O)NCc1ccccc1. The summed E-state index contributed by atoms with van der Waals surface area (Å²) in [5.41, 5.74) is 1.71. The van der Waals surface area contributed by atoms with Gasteiger partial charge in [-0.3, -0.25) is 9.48 Å². The second-order valence-electron chi connectivity index (χ2n) is 4.56. The maximum Gasteiger partial charge on any atom is 0.262 e. The topological polar surface area (TPSA) is 70.7 Å². The molecule has 0 spiro atoms. The molecule has 1 amide bonds. The lowest BCUT2D eigenvalue weighted by Gasteiger charge is -2.03. The molecule has 0 unspecified atom stereocenters. The predicted octanol–water partition coefficient (Wildman–Crippen LogP) is 2.35. The van der Waals surface area contributed by atoms with Crippen LogP contribution in [0.3, 0.4) is 0 Å². The van der Waals surface area contributed by atoms with E-state index in [-0.39, 0.29) is 5.57 Å². The molecule has 1 heterocycles. The van der Waals surface area contributed by atoms with E-state index in [2.05, 4.69) is 10.4 Å². The number of rotatable bonds is 6. The largest absolute Gasteiger partial charge is 0.347 e. The quantitative estimate of drug-likeness (QED) is 0.505. The van der Waals surface area contributed by atoms with Crippen LogP contribution in [0.25, 0.3) is 6.08 Å². The van der Waals surface area contributed by atoms with Gasteiger partial charge in [0.2, 0.25) is 0 Å². The van der Waals surface area contributed by atoms with Gasteiger partial charge in [-0.25, -0.2) is 0 Å². The molecule has 1 aromatic heterocycles. The molecule has 22 heavy (non-hydrogen) atoms. The lowest BCUT2D eigenvalue weighted by atomic mass is 10.2. The number of benzene rings is 1. The molecule has 2 aromatic rings. The maximum absolute atomic E-state index is 12.0. The molecule has 0 saturated heterocycles. The van der Waals surface area contributed by atoms with Crippen molar-refractivity contribution in [3.63, 3.8) is 0 Å². The molecule has 112 valence electrons. The van der Waals surface area contributed by atoms with Crippen LogP contribution in [0.5, 0.6) is 0 Å². The normalized spacial score (nSPS) is 11.0. The number of nitriles is 1. The smallest absolute Gasteiger partial charge is 0.262 e. The van der Waals surface area contributed by atoms with Crippen molar-refractivity contribution in [3.8, 4) is 6.07 Å². The molecule has 1 aromatic carbocycles. The third kappa shape index (κ3) is 4.47. The molecule has 0 aliphatic heterocycles. The Bertz CT molecular complexity index is 700. The van der Waals surface area contributed by atoms with Crippen LogP contribution >= 0.6 is 11.6 Å². The summed E-state index contributed by atoms with van der Waals surface area (Å²) in [6, 6.07) is 11.4. The van der Waals surface area contributed by atoms with Crippen LogP contribution < -0.4 is 5.32 Å². The van der Waals surface area contributed by atoms with Gasteiger partial charge in [0.25, 0.3) is 5.91 Å². The summed E-state index contributed by atoms with van der Waals surface area (Å²) in [7, 11) is 0. The van der Waals surface area contributed by atoms with Crippen molar-refractivity contribution in [1.29, 1.82) is 5.26 Å². The fourth-order valence-electron chi connectivity index (χ4n) is 1.85. The van der Waals surface area contributed by atoms with Crippen molar-refractivity contribution in [2.45, 2.75) is 13.1 Å². The van der Waals surface area contributed by atoms with Gasteiger partial charge in [-0.2, -0.15) is 10.4 Å². The average Bonchev–Trinajstić information content (AvgIpc) is 2.99. The van der Waals surface area contributed by atoms with Crippen molar-refractivity contribution >= 4 is 23.6 Å². The van der Waals surface area contributed by atoms with E-state index in [1.54, 1.807) is 17.1 Å². The molecule has 5 nitrogen and oxygen atoms in total. The number of nitrogens with one attached hydrogen (secondary N) is 1. The molecule has 2 rings (SSSR count). The lowest BCUT2D eigenvalue weighted by Crippen LogP contribution is -2.23. The number of aryl methyl sites for hydroxylation is 1. The Morgan fingerprint density at radius 1 is 1.41 bits per heavy atom. The van der Waals surface area contributed by atoms with E-state index in [4.69, 9.17) is 16.9 Å². The first-order valence-corrected chi connectivity index (χ1v) is 7.28. The van der Waals surface area contributed by atoms with E-state index in [0.717, 1.165) is 5.56 Å². The molecule has 0 saturated carbocycles. The first-order chi connectivity index (χ1) is 10.7. The zero-order chi connectivity index (χ0) is 15.8. The number of amides is 1. The van der Waals surface area contributed by atoms with Gasteiger partial charge in [0.1, 0.15) is 11.6 Å². The Kier molecular flexibility index (Phi) is 5.75. The third-order valence-electron chi connectivity index (χ3n) is 2.94. The molecule has 0 aliphatic rings. The molecule has 6 heteroatoms. The van der Waals surface area contributed by atoms with E-state index >= 15 is 0 Å². The Morgan fingerprint density at radius 3 is 2.86 bits per heavy atom. The summed E-state index contributed by atoms with van der Waals surface area (Å²) in [4.78, 5) is 12.0. The summed E-state index contributed by atoms with van der Waals surface area (Å²) in [6.07, 6.45) is 4.84. The third-order valence-corrected chi connectivity index (χ3v) is 3.11. The van der Waals surface area contributed by atoms with Gasteiger partial charge in [-0.05, 0) is 11.6 Å². The van der Waals surface area contributed by atoms with Crippen LogP contribution in [0, 0.1) is 11.3 Å². The highest BCUT2D eigenvalue weighted by atomic mass is 35.5. The first-order valence-electron chi connectivity index (χ1n) is 6.75. The Hall–Kier alpha value is -2.58. The second kappa shape index (κ2) is 8.01. The van der Waals surface area contributed by atoms with Crippen LogP contribution in [0.15, 0.2) is 48.3 Å². The zero-order valence-corrected chi connectivity index (χ0v) is 12.6. The van der Waals surface area contributed by atoms with E-state index in [0.29, 0.717) is 24.5 Å². The number of hydrogen-bond donors (Lipinski definition) is 1. The van der Waals surface area contributed by atoms with Gasteiger partial charge >= 0.3 is 0 Å². The number of alkyl halides is 1. The van der Waals surface area contributed by atoms with Crippen LogP contribution in [0.4, 0.5) is 0 Å². The molecule has 0 atom stereocenters. The van der Waals surface area contributed by atoms with E-state index < -0.39 is 5.91 Å². The van der Waals surface area contributed by atoms with Crippen molar-refractivity contribution in [2.24, 2.45) is 0 Å². The number of carbonyl (C=O) groups excluding carboxylic acids is 1. The van der Waals surface area contributed by atoms with Crippen molar-refractivity contribution in [1.82, 2.24) is 15.1 Å². The van der Waals surface area contributed by atoms with Crippen molar-refractivity contribution < 1.29 is 4.79 Å². The Balaban J connectivity index is 2.01. The Morgan fingerprint density at radius 2 is 2.18 bits per heavy atom. The predicted molar refractivity (Wildman–Crippen MR) is 84.8 cm³/mol. The van der Waals surface area contributed by atoms with Gasteiger partial charge in [0.05, 0.1) is 12.7 Å². The van der Waals surface area contributed by atoms with Crippen LogP contribution in [-0.2, 0) is 17.9 Å². The first kappa shape index (κ1) is 15.8. The molecule has 0 fully saturated rings. The minimum atomic E-state index is -0.406. The van der Waals surface area contributed by atoms with Gasteiger partial charge < -0.3 is 5.32 Å². The number of carbonyl (C=O) groups is 1. The number of halogens is 1. The summed E-state index contributed by atoms with van der Waals surface area (Å²) < 4.78 is 1.66. The molecule has 0 radical (unpaired) electrons.